The number of hydrogen-bond donors (Lipinski definition) is 1. The first kappa shape index (κ1) is 20.0. The van der Waals surface area contributed by atoms with Crippen molar-refractivity contribution in [3.05, 3.63) is 58.6 Å². The number of anilines is 1. The number of halogens is 1. The fourth-order valence-electron chi connectivity index (χ4n) is 2.23. The molecule has 0 aliphatic carbocycles. The summed E-state index contributed by atoms with van der Waals surface area (Å²) >= 11 is 3.38. The molecule has 0 atom stereocenters. The van der Waals surface area contributed by atoms with Gasteiger partial charge in [0.2, 0.25) is 5.91 Å². The van der Waals surface area contributed by atoms with E-state index in [-0.39, 0.29) is 5.91 Å². The Morgan fingerprint density at radius 1 is 1.19 bits per heavy atom. The van der Waals surface area contributed by atoms with Crippen molar-refractivity contribution in [2.24, 2.45) is 5.92 Å². The van der Waals surface area contributed by atoms with Crippen molar-refractivity contribution >= 4 is 33.6 Å². The first-order valence-corrected chi connectivity index (χ1v) is 9.32. The minimum Gasteiger partial charge on any atom is -0.493 e. The third-order valence-electron chi connectivity index (χ3n) is 3.66. The molecule has 1 amide bonds. The van der Waals surface area contributed by atoms with E-state index in [1.807, 2.05) is 42.5 Å². The SMILES string of the molecule is COc1cc(C=CC(=O)Nc2cccc(Br)c2)ccc1OCCC(C)C. The van der Waals surface area contributed by atoms with Gasteiger partial charge in [-0.25, -0.2) is 0 Å². The third-order valence-corrected chi connectivity index (χ3v) is 4.15. The number of nitrogens with one attached hydrogen (secondary N) is 1. The van der Waals surface area contributed by atoms with E-state index in [0.717, 1.165) is 22.1 Å². The molecule has 26 heavy (non-hydrogen) atoms. The van der Waals surface area contributed by atoms with Gasteiger partial charge in [0, 0.05) is 16.2 Å². The van der Waals surface area contributed by atoms with E-state index in [0.29, 0.717) is 24.0 Å². The van der Waals surface area contributed by atoms with Gasteiger partial charge in [-0.2, -0.15) is 0 Å². The zero-order chi connectivity index (χ0) is 18.9. The van der Waals surface area contributed by atoms with Gasteiger partial charge in [-0.1, -0.05) is 41.9 Å². The van der Waals surface area contributed by atoms with E-state index in [1.165, 1.54) is 6.08 Å². The molecule has 0 saturated heterocycles. The molecule has 0 unspecified atom stereocenters. The van der Waals surface area contributed by atoms with Crippen molar-refractivity contribution in [1.29, 1.82) is 0 Å². The van der Waals surface area contributed by atoms with Crippen LogP contribution < -0.4 is 14.8 Å². The number of methoxy groups -OCH3 is 1. The molecule has 0 aromatic heterocycles. The van der Waals surface area contributed by atoms with Gasteiger partial charge in [-0.05, 0) is 54.3 Å². The molecule has 0 radical (unpaired) electrons. The highest BCUT2D eigenvalue weighted by Crippen LogP contribution is 2.29. The van der Waals surface area contributed by atoms with Gasteiger partial charge in [0.05, 0.1) is 13.7 Å². The lowest BCUT2D eigenvalue weighted by atomic mass is 10.1. The van der Waals surface area contributed by atoms with Crippen LogP contribution in [0.5, 0.6) is 11.5 Å². The van der Waals surface area contributed by atoms with Crippen LogP contribution >= 0.6 is 15.9 Å². The van der Waals surface area contributed by atoms with E-state index in [1.54, 1.807) is 13.2 Å². The van der Waals surface area contributed by atoms with Gasteiger partial charge in [0.1, 0.15) is 0 Å². The lowest BCUT2D eigenvalue weighted by Gasteiger charge is -2.12. The maximum absolute atomic E-state index is 12.1. The predicted molar refractivity (Wildman–Crippen MR) is 110 cm³/mol. The molecule has 0 aliphatic rings. The fraction of sp³-hybridized carbons (Fsp3) is 0.286. The maximum atomic E-state index is 12.1. The molecule has 2 aromatic rings. The summed E-state index contributed by atoms with van der Waals surface area (Å²) < 4.78 is 12.1. The second-order valence-corrected chi connectivity index (χ2v) is 7.19. The number of amides is 1. The first-order chi connectivity index (χ1) is 12.5. The minimum atomic E-state index is -0.195. The molecule has 1 N–H and O–H groups in total. The van der Waals surface area contributed by atoms with Crippen LogP contribution in [0, 0.1) is 5.92 Å². The number of hydrogen-bond acceptors (Lipinski definition) is 3. The monoisotopic (exact) mass is 417 g/mol. The van der Waals surface area contributed by atoms with Crippen LogP contribution in [-0.2, 0) is 4.79 Å². The smallest absolute Gasteiger partial charge is 0.248 e. The topological polar surface area (TPSA) is 47.6 Å². The van der Waals surface area contributed by atoms with Crippen molar-refractivity contribution in [2.45, 2.75) is 20.3 Å². The molecule has 138 valence electrons. The molecule has 0 aliphatic heterocycles. The zero-order valence-electron chi connectivity index (χ0n) is 15.3. The number of rotatable bonds is 8. The molecular formula is C21H24BrNO3. The number of ether oxygens (including phenoxy) is 2. The maximum Gasteiger partial charge on any atom is 0.248 e. The summed E-state index contributed by atoms with van der Waals surface area (Å²) in [6.45, 7) is 4.97. The molecule has 2 rings (SSSR count). The van der Waals surface area contributed by atoms with Crippen molar-refractivity contribution in [3.63, 3.8) is 0 Å². The highest BCUT2D eigenvalue weighted by molar-refractivity contribution is 9.10. The van der Waals surface area contributed by atoms with Crippen molar-refractivity contribution in [3.8, 4) is 11.5 Å². The standard InChI is InChI=1S/C21H24BrNO3/c1-15(2)11-12-26-19-9-7-16(13-20(19)25-3)8-10-21(24)23-18-6-4-5-17(22)14-18/h4-10,13-15H,11-12H2,1-3H3,(H,23,24). The summed E-state index contributed by atoms with van der Waals surface area (Å²) in [7, 11) is 1.61. The Kier molecular flexibility index (Phi) is 7.73. The second-order valence-electron chi connectivity index (χ2n) is 6.27. The van der Waals surface area contributed by atoms with Crippen LogP contribution in [0.3, 0.4) is 0 Å². The average molecular weight is 418 g/mol. The van der Waals surface area contributed by atoms with Crippen LogP contribution in [-0.4, -0.2) is 19.6 Å². The van der Waals surface area contributed by atoms with Crippen LogP contribution in [0.2, 0.25) is 0 Å². The first-order valence-electron chi connectivity index (χ1n) is 8.53. The van der Waals surface area contributed by atoms with Crippen LogP contribution in [0.25, 0.3) is 6.08 Å². The Morgan fingerprint density at radius 3 is 2.69 bits per heavy atom. The predicted octanol–water partition coefficient (Wildman–Crippen LogP) is 5.53. The van der Waals surface area contributed by atoms with E-state index >= 15 is 0 Å². The lowest BCUT2D eigenvalue weighted by Crippen LogP contribution is -2.07. The average Bonchev–Trinajstić information content (AvgIpc) is 2.60. The number of carbonyl (C=O) groups is 1. The van der Waals surface area contributed by atoms with Crippen molar-refractivity contribution in [1.82, 2.24) is 0 Å². The zero-order valence-corrected chi connectivity index (χ0v) is 16.9. The normalized spacial score (nSPS) is 11.0. The molecule has 0 heterocycles. The summed E-state index contributed by atoms with van der Waals surface area (Å²) in [5.41, 5.74) is 1.60. The Balaban J connectivity index is 1.99. The summed E-state index contributed by atoms with van der Waals surface area (Å²) in [6, 6.07) is 13.1. The number of benzene rings is 2. The van der Waals surface area contributed by atoms with Gasteiger partial charge >= 0.3 is 0 Å². The second kappa shape index (κ2) is 10.0. The highest BCUT2D eigenvalue weighted by atomic mass is 79.9. The molecule has 0 saturated carbocycles. The Hall–Kier alpha value is -2.27. The summed E-state index contributed by atoms with van der Waals surface area (Å²) in [6.07, 6.45) is 4.23. The quantitative estimate of drug-likeness (QED) is 0.573. The molecule has 4 nitrogen and oxygen atoms in total. The lowest BCUT2D eigenvalue weighted by molar-refractivity contribution is -0.111. The van der Waals surface area contributed by atoms with Gasteiger partial charge in [0.15, 0.2) is 11.5 Å². The highest BCUT2D eigenvalue weighted by Gasteiger charge is 2.06. The van der Waals surface area contributed by atoms with Crippen molar-refractivity contribution < 1.29 is 14.3 Å². The van der Waals surface area contributed by atoms with E-state index in [2.05, 4.69) is 35.1 Å². The van der Waals surface area contributed by atoms with Gasteiger partial charge in [-0.15, -0.1) is 0 Å². The Bertz CT molecular complexity index is 772. The van der Waals surface area contributed by atoms with Crippen LogP contribution in [0.4, 0.5) is 5.69 Å². The summed E-state index contributed by atoms with van der Waals surface area (Å²) in [4.78, 5) is 12.1. The van der Waals surface area contributed by atoms with E-state index < -0.39 is 0 Å². The van der Waals surface area contributed by atoms with Crippen LogP contribution in [0.1, 0.15) is 25.8 Å². The molecule has 0 fully saturated rings. The van der Waals surface area contributed by atoms with E-state index in [4.69, 9.17) is 9.47 Å². The van der Waals surface area contributed by atoms with Crippen molar-refractivity contribution in [2.75, 3.05) is 19.0 Å². The molecule has 0 bridgehead atoms. The van der Waals surface area contributed by atoms with Gasteiger partial charge < -0.3 is 14.8 Å². The van der Waals surface area contributed by atoms with Gasteiger partial charge in [0.25, 0.3) is 0 Å². The van der Waals surface area contributed by atoms with Crippen LogP contribution in [0.15, 0.2) is 53.0 Å². The van der Waals surface area contributed by atoms with Gasteiger partial charge in [-0.3, -0.25) is 4.79 Å². The molecule has 5 heteroatoms. The summed E-state index contributed by atoms with van der Waals surface area (Å²) in [5.74, 6) is 1.76. The summed E-state index contributed by atoms with van der Waals surface area (Å²) in [5, 5.41) is 2.82. The Labute approximate surface area is 163 Å². The molecular weight excluding hydrogens is 394 g/mol. The molecule has 0 spiro atoms. The number of carbonyl (C=O) groups excluding carboxylic acids is 1. The minimum absolute atomic E-state index is 0.195. The third kappa shape index (κ3) is 6.56. The Morgan fingerprint density at radius 2 is 2.00 bits per heavy atom. The van der Waals surface area contributed by atoms with E-state index in [9.17, 15) is 4.79 Å². The fourth-order valence-corrected chi connectivity index (χ4v) is 2.63. The molecule has 2 aromatic carbocycles. The largest absolute Gasteiger partial charge is 0.493 e.